The summed E-state index contributed by atoms with van der Waals surface area (Å²) in [4.78, 5) is 116. The van der Waals surface area contributed by atoms with Crippen LogP contribution in [0, 0.1) is 0 Å². The number of nitrogens with two attached hydrogens (primary N) is 1. The maximum Gasteiger partial charge on any atom is 0.325 e. The molecule has 6 atom stereocenters. The Kier molecular flexibility index (Phi) is 17.3. The molecular formula is C37H46N8O14. The Balaban J connectivity index is 1.67. The molecule has 0 bridgehead atoms. The standard InChI is InChI=1S/C37H46N8O14/c1-18(37(58)59)41-34(55)26(12-19-6-8-21(47)9-7-19)42-29(48)16-40-33(54)25(10-11-30(49)50)43-35(56)27(14-31(51)52)44-36(57)28(17-46)45-32(53)23(38)13-20-15-39-24-5-3-2-4-22(20)24/h2-9,15,18,23,25-28,39,46-47H,10-14,16-17,38H2,1H3,(H,40,54)(H,41,55)(H,42,48)(H,43,56)(H,44,57)(H,45,53)(H,49,50)(H,51,52)(H,58,59)/t18-,23-,25-,26-,27-,28-/m0/s1. The van der Waals surface area contributed by atoms with Crippen molar-refractivity contribution in [2.45, 2.75) is 75.3 Å². The molecule has 0 saturated heterocycles. The molecule has 22 heteroatoms. The van der Waals surface area contributed by atoms with Crippen LogP contribution in [0.3, 0.4) is 0 Å². The van der Waals surface area contributed by atoms with Crippen molar-refractivity contribution in [3.8, 4) is 5.75 Å². The molecule has 59 heavy (non-hydrogen) atoms. The first-order valence-electron chi connectivity index (χ1n) is 18.0. The van der Waals surface area contributed by atoms with Gasteiger partial charge in [0.25, 0.3) is 0 Å². The van der Waals surface area contributed by atoms with Crippen LogP contribution < -0.4 is 37.6 Å². The quantitative estimate of drug-likeness (QED) is 0.0452. The van der Waals surface area contributed by atoms with E-state index in [1.807, 2.05) is 18.2 Å². The molecule has 3 aromatic rings. The Labute approximate surface area is 335 Å². The fraction of sp³-hybridized carbons (Fsp3) is 0.378. The molecule has 0 saturated carbocycles. The number of aliphatic hydroxyl groups is 1. The molecule has 0 radical (unpaired) electrons. The van der Waals surface area contributed by atoms with Crippen molar-refractivity contribution >= 4 is 64.3 Å². The number of aliphatic carboxylic acids is 3. The number of rotatable bonds is 23. The average Bonchev–Trinajstić information content (AvgIpc) is 3.59. The van der Waals surface area contributed by atoms with Crippen LogP contribution in [0.15, 0.2) is 54.7 Å². The molecule has 0 aliphatic carbocycles. The van der Waals surface area contributed by atoms with Gasteiger partial charge >= 0.3 is 17.9 Å². The first kappa shape index (κ1) is 46.3. The van der Waals surface area contributed by atoms with E-state index in [2.05, 4.69) is 36.9 Å². The van der Waals surface area contributed by atoms with Crippen molar-refractivity contribution in [3.63, 3.8) is 0 Å². The van der Waals surface area contributed by atoms with E-state index in [1.165, 1.54) is 31.2 Å². The van der Waals surface area contributed by atoms with Gasteiger partial charge in [0, 0.05) is 29.9 Å². The number of aromatic nitrogens is 1. The molecule has 3 rings (SSSR count). The normalized spacial score (nSPS) is 13.9. The van der Waals surface area contributed by atoms with E-state index in [1.54, 1.807) is 12.3 Å². The number of para-hydroxylation sites is 1. The number of nitrogens with one attached hydrogen (secondary N) is 7. The lowest BCUT2D eigenvalue weighted by molar-refractivity contribution is -0.142. The number of carboxylic acid groups (broad SMARTS) is 3. The van der Waals surface area contributed by atoms with Crippen molar-refractivity contribution in [2.24, 2.45) is 5.73 Å². The van der Waals surface area contributed by atoms with Gasteiger partial charge in [0.2, 0.25) is 35.4 Å². The number of benzene rings is 2. The minimum atomic E-state index is -1.93. The second kappa shape index (κ2) is 22.0. The Morgan fingerprint density at radius 2 is 1.31 bits per heavy atom. The molecule has 2 aromatic carbocycles. The van der Waals surface area contributed by atoms with Crippen LogP contribution >= 0.6 is 0 Å². The third-order valence-electron chi connectivity index (χ3n) is 8.74. The van der Waals surface area contributed by atoms with Gasteiger partial charge in [0.1, 0.15) is 36.0 Å². The summed E-state index contributed by atoms with van der Waals surface area (Å²) in [5.74, 6) is -10.8. The summed E-state index contributed by atoms with van der Waals surface area (Å²) < 4.78 is 0. The van der Waals surface area contributed by atoms with E-state index >= 15 is 0 Å². The fourth-order valence-corrected chi connectivity index (χ4v) is 5.56. The van der Waals surface area contributed by atoms with Crippen LogP contribution in [-0.4, -0.2) is 133 Å². The Morgan fingerprint density at radius 3 is 1.93 bits per heavy atom. The largest absolute Gasteiger partial charge is 0.508 e. The van der Waals surface area contributed by atoms with E-state index in [-0.39, 0.29) is 18.6 Å². The van der Waals surface area contributed by atoms with Crippen molar-refractivity contribution < 1.29 is 68.7 Å². The van der Waals surface area contributed by atoms with Gasteiger partial charge in [0.05, 0.1) is 25.6 Å². The number of hydrogen-bond donors (Lipinski definition) is 13. The van der Waals surface area contributed by atoms with Crippen molar-refractivity contribution in [2.75, 3.05) is 13.2 Å². The van der Waals surface area contributed by atoms with Crippen LogP contribution in [0.5, 0.6) is 5.75 Å². The molecule has 22 nitrogen and oxygen atoms in total. The molecule has 14 N–H and O–H groups in total. The number of aliphatic hydroxyl groups excluding tert-OH is 1. The molecule has 0 spiro atoms. The minimum Gasteiger partial charge on any atom is -0.508 e. The van der Waals surface area contributed by atoms with E-state index in [0.717, 1.165) is 10.9 Å². The van der Waals surface area contributed by atoms with Gasteiger partial charge in [-0.2, -0.15) is 0 Å². The number of phenolic OH excluding ortho intramolecular Hbond substituents is 1. The van der Waals surface area contributed by atoms with E-state index in [9.17, 15) is 68.7 Å². The number of aromatic amines is 1. The highest BCUT2D eigenvalue weighted by Crippen LogP contribution is 2.19. The number of carbonyl (C=O) groups is 9. The lowest BCUT2D eigenvalue weighted by Gasteiger charge is -2.24. The van der Waals surface area contributed by atoms with Gasteiger partial charge in [-0.05, 0) is 49.1 Å². The van der Waals surface area contributed by atoms with Crippen LogP contribution in [0.2, 0.25) is 0 Å². The van der Waals surface area contributed by atoms with Crippen LogP contribution in [0.1, 0.15) is 37.3 Å². The maximum absolute atomic E-state index is 13.3. The zero-order valence-electron chi connectivity index (χ0n) is 31.6. The molecule has 6 amide bonds. The molecular weight excluding hydrogens is 780 g/mol. The molecule has 0 unspecified atom stereocenters. The molecule has 1 aromatic heterocycles. The summed E-state index contributed by atoms with van der Waals surface area (Å²) >= 11 is 0. The van der Waals surface area contributed by atoms with Gasteiger partial charge in [-0.3, -0.25) is 43.2 Å². The van der Waals surface area contributed by atoms with Crippen molar-refractivity contribution in [1.29, 1.82) is 0 Å². The number of amides is 6. The SMILES string of the molecule is C[C@H](NC(=O)[C@H](Cc1ccc(O)cc1)NC(=O)CNC(=O)[C@H](CCC(=O)O)NC(=O)[C@H](CC(=O)O)NC(=O)[C@H](CO)NC(=O)[C@@H](N)Cc1c[nH]c2ccccc12)C(=O)O. The topological polar surface area (TPSA) is 369 Å². The Morgan fingerprint density at radius 1 is 0.695 bits per heavy atom. The van der Waals surface area contributed by atoms with Crippen LogP contribution in [-0.2, 0) is 56.0 Å². The molecule has 0 aliphatic heterocycles. The third kappa shape index (κ3) is 14.7. The number of phenols is 1. The molecule has 0 fully saturated rings. The maximum atomic E-state index is 13.3. The monoisotopic (exact) mass is 826 g/mol. The van der Waals surface area contributed by atoms with Crippen LogP contribution in [0.25, 0.3) is 10.9 Å². The van der Waals surface area contributed by atoms with Gasteiger partial charge in [-0.25, -0.2) is 0 Å². The number of aromatic hydroxyl groups is 1. The average molecular weight is 827 g/mol. The van der Waals surface area contributed by atoms with E-state index < -0.39 is 122 Å². The van der Waals surface area contributed by atoms with Gasteiger partial charge < -0.3 is 68.2 Å². The first-order chi connectivity index (χ1) is 27.9. The Bertz CT molecular complexity index is 2020. The number of carboxylic acids is 3. The zero-order chi connectivity index (χ0) is 43.8. The fourth-order valence-electron chi connectivity index (χ4n) is 5.56. The zero-order valence-corrected chi connectivity index (χ0v) is 31.6. The summed E-state index contributed by atoms with van der Waals surface area (Å²) in [6.07, 6.45) is -0.830. The van der Waals surface area contributed by atoms with E-state index in [4.69, 9.17) is 5.73 Å². The number of carbonyl (C=O) groups excluding carboxylic acids is 6. The molecule has 0 aliphatic rings. The van der Waals surface area contributed by atoms with E-state index in [0.29, 0.717) is 11.1 Å². The lowest BCUT2D eigenvalue weighted by Crippen LogP contribution is -2.59. The summed E-state index contributed by atoms with van der Waals surface area (Å²) in [7, 11) is 0. The summed E-state index contributed by atoms with van der Waals surface area (Å²) in [6, 6.07) is 3.47. The highest BCUT2D eigenvalue weighted by molar-refractivity contribution is 5.97. The predicted molar refractivity (Wildman–Crippen MR) is 204 cm³/mol. The molecule has 318 valence electrons. The van der Waals surface area contributed by atoms with Gasteiger partial charge in [0.15, 0.2) is 0 Å². The minimum absolute atomic E-state index is 0.0307. The predicted octanol–water partition coefficient (Wildman–Crippen LogP) is -3.04. The number of H-pyrrole nitrogens is 1. The smallest absolute Gasteiger partial charge is 0.325 e. The lowest BCUT2D eigenvalue weighted by atomic mass is 10.0. The van der Waals surface area contributed by atoms with Gasteiger partial charge in [-0.15, -0.1) is 0 Å². The summed E-state index contributed by atoms with van der Waals surface area (Å²) in [5, 5.41) is 61.4. The highest BCUT2D eigenvalue weighted by atomic mass is 16.4. The summed E-state index contributed by atoms with van der Waals surface area (Å²) in [6.45, 7) is -0.659. The first-order valence-corrected chi connectivity index (χ1v) is 18.0. The number of hydrogen-bond acceptors (Lipinski definition) is 12. The second-order valence-electron chi connectivity index (χ2n) is 13.3. The summed E-state index contributed by atoms with van der Waals surface area (Å²) in [5.41, 5.74) is 8.00. The second-order valence-corrected chi connectivity index (χ2v) is 13.3. The third-order valence-corrected chi connectivity index (χ3v) is 8.74. The van der Waals surface area contributed by atoms with Crippen molar-refractivity contribution in [1.82, 2.24) is 36.9 Å². The highest BCUT2D eigenvalue weighted by Gasteiger charge is 2.32. The van der Waals surface area contributed by atoms with Crippen molar-refractivity contribution in [3.05, 3.63) is 65.9 Å². The number of fused-ring (bicyclic) bond motifs is 1. The van der Waals surface area contributed by atoms with Gasteiger partial charge in [-0.1, -0.05) is 30.3 Å². The Hall–Kier alpha value is -7.07. The van der Waals surface area contributed by atoms with Crippen LogP contribution in [0.4, 0.5) is 0 Å². The molecule has 1 heterocycles.